The lowest BCUT2D eigenvalue weighted by Crippen LogP contribution is -1.87. The normalized spacial score (nSPS) is 11.0. The average Bonchev–Trinajstić information content (AvgIpc) is 2.54. The monoisotopic (exact) mass is 256 g/mol. The second-order valence-corrected chi connectivity index (χ2v) is 4.60. The number of benzene rings is 2. The Kier molecular flexibility index (Phi) is 2.42. The van der Waals surface area contributed by atoms with E-state index in [1.54, 1.807) is 0 Å². The maximum Gasteiger partial charge on any atom is 0.116 e. The maximum atomic E-state index is 4.53. The minimum atomic E-state index is 0.893. The summed E-state index contributed by atoms with van der Waals surface area (Å²) in [6.45, 7) is 0. The lowest BCUT2D eigenvalue weighted by Gasteiger charge is -2.06. The Morgan fingerprint density at radius 2 is 1.85 bits per heavy atom. The Hall–Kier alpha value is -2.81. The fourth-order valence-electron chi connectivity index (χ4n) is 2.42. The zero-order chi connectivity index (χ0) is 13.4. The van der Waals surface area contributed by atoms with Gasteiger partial charge in [0.05, 0.1) is 11.2 Å². The molecule has 4 aromatic rings. The smallest absolute Gasteiger partial charge is 0.116 e. The molecule has 1 radical (unpaired) electrons. The van der Waals surface area contributed by atoms with Crippen molar-refractivity contribution >= 4 is 21.7 Å². The average molecular weight is 256 g/mol. The molecule has 3 nitrogen and oxygen atoms in total. The summed E-state index contributed by atoms with van der Waals surface area (Å²) in [4.78, 5) is 12.7. The predicted octanol–water partition coefficient (Wildman–Crippen LogP) is 3.65. The Morgan fingerprint density at radius 1 is 0.900 bits per heavy atom. The van der Waals surface area contributed by atoms with Crippen LogP contribution in [0, 0.1) is 6.20 Å². The molecule has 0 N–H and O–H groups in total. The van der Waals surface area contributed by atoms with E-state index in [0.29, 0.717) is 0 Å². The van der Waals surface area contributed by atoms with Crippen LogP contribution in [0.1, 0.15) is 0 Å². The first-order valence-electron chi connectivity index (χ1n) is 6.38. The van der Waals surface area contributed by atoms with E-state index in [1.807, 2.05) is 42.6 Å². The molecule has 0 aliphatic heterocycles. The molecule has 0 unspecified atom stereocenters. The van der Waals surface area contributed by atoms with Gasteiger partial charge in [-0.15, -0.1) is 0 Å². The van der Waals surface area contributed by atoms with Gasteiger partial charge in [-0.1, -0.05) is 30.3 Å². The van der Waals surface area contributed by atoms with Crippen LogP contribution in [0.4, 0.5) is 0 Å². The van der Waals surface area contributed by atoms with Gasteiger partial charge in [-0.2, -0.15) is 0 Å². The summed E-state index contributed by atoms with van der Waals surface area (Å²) in [6, 6.07) is 16.3. The topological polar surface area (TPSA) is 38.7 Å². The SMILES string of the molecule is [c]1ncnc2ccc(-c3nccc4ccccc34)cc12. The van der Waals surface area contributed by atoms with Crippen molar-refractivity contribution in [2.24, 2.45) is 0 Å². The molecule has 20 heavy (non-hydrogen) atoms. The van der Waals surface area contributed by atoms with E-state index in [1.165, 1.54) is 11.7 Å². The van der Waals surface area contributed by atoms with Gasteiger partial charge in [0.1, 0.15) is 12.5 Å². The van der Waals surface area contributed by atoms with Crippen molar-refractivity contribution < 1.29 is 0 Å². The van der Waals surface area contributed by atoms with Gasteiger partial charge in [-0.3, -0.25) is 4.98 Å². The molecule has 0 aliphatic carbocycles. The van der Waals surface area contributed by atoms with Crippen LogP contribution in [-0.2, 0) is 0 Å². The van der Waals surface area contributed by atoms with E-state index in [-0.39, 0.29) is 0 Å². The van der Waals surface area contributed by atoms with Gasteiger partial charge in [-0.25, -0.2) is 9.97 Å². The van der Waals surface area contributed by atoms with Gasteiger partial charge in [0.25, 0.3) is 0 Å². The van der Waals surface area contributed by atoms with E-state index in [2.05, 4.69) is 33.3 Å². The molecule has 3 heteroatoms. The van der Waals surface area contributed by atoms with Crippen LogP contribution in [0.2, 0.25) is 0 Å². The Labute approximate surface area is 116 Å². The third-order valence-corrected chi connectivity index (χ3v) is 3.38. The van der Waals surface area contributed by atoms with Gasteiger partial charge in [0.15, 0.2) is 0 Å². The molecular weight excluding hydrogens is 246 g/mol. The summed E-state index contributed by atoms with van der Waals surface area (Å²) in [6.07, 6.45) is 6.32. The Bertz CT molecular complexity index is 910. The van der Waals surface area contributed by atoms with Crippen LogP contribution < -0.4 is 0 Å². The number of fused-ring (bicyclic) bond motifs is 2. The number of hydrogen-bond donors (Lipinski definition) is 0. The first-order chi connectivity index (χ1) is 9.92. The Morgan fingerprint density at radius 3 is 2.85 bits per heavy atom. The van der Waals surface area contributed by atoms with Crippen LogP contribution >= 0.6 is 0 Å². The highest BCUT2D eigenvalue weighted by atomic mass is 14.8. The van der Waals surface area contributed by atoms with Crippen LogP contribution in [0.5, 0.6) is 0 Å². The molecule has 0 saturated heterocycles. The molecule has 2 aromatic heterocycles. The molecule has 0 saturated carbocycles. The molecule has 0 spiro atoms. The number of pyridine rings is 1. The Balaban J connectivity index is 2.01. The van der Waals surface area contributed by atoms with Gasteiger partial charge >= 0.3 is 0 Å². The lowest BCUT2D eigenvalue weighted by atomic mass is 10.0. The van der Waals surface area contributed by atoms with E-state index in [4.69, 9.17) is 0 Å². The second-order valence-electron chi connectivity index (χ2n) is 4.60. The van der Waals surface area contributed by atoms with Gasteiger partial charge in [-0.05, 0) is 23.6 Å². The van der Waals surface area contributed by atoms with Crippen molar-refractivity contribution in [2.45, 2.75) is 0 Å². The summed E-state index contributed by atoms with van der Waals surface area (Å²) in [5, 5.41) is 3.23. The van der Waals surface area contributed by atoms with Gasteiger partial charge in [0, 0.05) is 22.5 Å². The predicted molar refractivity (Wildman–Crippen MR) is 79.1 cm³/mol. The second kappa shape index (κ2) is 4.38. The fourth-order valence-corrected chi connectivity index (χ4v) is 2.42. The minimum Gasteiger partial charge on any atom is -0.256 e. The summed E-state index contributed by atoms with van der Waals surface area (Å²) >= 11 is 0. The van der Waals surface area contributed by atoms with E-state index in [9.17, 15) is 0 Å². The van der Waals surface area contributed by atoms with Crippen molar-refractivity contribution in [2.75, 3.05) is 0 Å². The number of aromatic nitrogens is 3. The molecule has 4 rings (SSSR count). The zero-order valence-corrected chi connectivity index (χ0v) is 10.6. The number of nitrogens with zero attached hydrogens (tertiary/aromatic N) is 3. The van der Waals surface area contributed by atoms with E-state index < -0.39 is 0 Å². The summed E-state index contributed by atoms with van der Waals surface area (Å²) in [7, 11) is 0. The van der Waals surface area contributed by atoms with Crippen LogP contribution in [0.3, 0.4) is 0 Å². The standard InChI is InChI=1S/C17H10N3/c1-2-4-15-12(3-1)7-8-19-17(15)13-5-6-16-14(9-13)10-18-11-20-16/h1-9,11H. The molecule has 93 valence electrons. The minimum absolute atomic E-state index is 0.893. The lowest BCUT2D eigenvalue weighted by molar-refractivity contribution is 1.21. The van der Waals surface area contributed by atoms with Crippen LogP contribution in [-0.4, -0.2) is 15.0 Å². The van der Waals surface area contributed by atoms with Gasteiger partial charge < -0.3 is 0 Å². The van der Waals surface area contributed by atoms with E-state index >= 15 is 0 Å². The maximum absolute atomic E-state index is 4.53. The number of hydrogen-bond acceptors (Lipinski definition) is 3. The molecule has 2 aromatic carbocycles. The van der Waals surface area contributed by atoms with Crippen molar-refractivity contribution in [3.8, 4) is 11.3 Å². The molecule has 0 bridgehead atoms. The molecule has 0 atom stereocenters. The van der Waals surface area contributed by atoms with Crippen molar-refractivity contribution in [3.63, 3.8) is 0 Å². The third-order valence-electron chi connectivity index (χ3n) is 3.38. The highest BCUT2D eigenvalue weighted by Gasteiger charge is 2.06. The first kappa shape index (κ1) is 11.1. The largest absolute Gasteiger partial charge is 0.256 e. The van der Waals surface area contributed by atoms with Crippen molar-refractivity contribution in [3.05, 3.63) is 67.3 Å². The summed E-state index contributed by atoms with van der Waals surface area (Å²) in [5.74, 6) is 0. The highest BCUT2D eigenvalue weighted by molar-refractivity contribution is 5.96. The van der Waals surface area contributed by atoms with Crippen LogP contribution in [0.25, 0.3) is 32.9 Å². The van der Waals surface area contributed by atoms with Gasteiger partial charge in [0.2, 0.25) is 0 Å². The highest BCUT2D eigenvalue weighted by Crippen LogP contribution is 2.27. The van der Waals surface area contributed by atoms with E-state index in [0.717, 1.165) is 27.5 Å². The third kappa shape index (κ3) is 1.72. The molecule has 0 fully saturated rings. The van der Waals surface area contributed by atoms with Crippen LogP contribution in [0.15, 0.2) is 61.1 Å². The van der Waals surface area contributed by atoms with Crippen molar-refractivity contribution in [1.29, 1.82) is 0 Å². The van der Waals surface area contributed by atoms with Crippen molar-refractivity contribution in [1.82, 2.24) is 15.0 Å². The summed E-state index contributed by atoms with van der Waals surface area (Å²) < 4.78 is 0. The zero-order valence-electron chi connectivity index (χ0n) is 10.6. The molecule has 2 heterocycles. The molecule has 0 aliphatic rings. The fraction of sp³-hybridized carbons (Fsp3) is 0. The first-order valence-corrected chi connectivity index (χ1v) is 6.38. The number of rotatable bonds is 1. The quantitative estimate of drug-likeness (QED) is 0.522. The molecule has 0 amide bonds. The molecular formula is C17H10N3. The summed E-state index contributed by atoms with van der Waals surface area (Å²) in [5.41, 5.74) is 2.92.